The van der Waals surface area contributed by atoms with Crippen LogP contribution in [0.2, 0.25) is 0 Å². The Morgan fingerprint density at radius 1 is 0.647 bits per heavy atom. The van der Waals surface area contributed by atoms with Crippen LogP contribution in [-0.2, 0) is 0 Å². The molecule has 0 bridgehead atoms. The summed E-state index contributed by atoms with van der Waals surface area (Å²) in [6.07, 6.45) is 16.6. The third-order valence-electron chi connectivity index (χ3n) is 8.11. The van der Waals surface area contributed by atoms with Gasteiger partial charge < -0.3 is 4.57 Å². The molecule has 2 aliphatic heterocycles. The summed E-state index contributed by atoms with van der Waals surface area (Å²) in [5.41, 5.74) is 6.66. The summed E-state index contributed by atoms with van der Waals surface area (Å²) >= 11 is 0. The largest absolute Gasteiger partial charge is 0.310 e. The van der Waals surface area contributed by atoms with E-state index in [1.807, 2.05) is 0 Å². The average Bonchev–Trinajstić information content (AvgIpc) is 3.45. The van der Waals surface area contributed by atoms with Gasteiger partial charge in [0.2, 0.25) is 0 Å². The van der Waals surface area contributed by atoms with Gasteiger partial charge in [-0.3, -0.25) is 10.2 Å². The van der Waals surface area contributed by atoms with Crippen molar-refractivity contribution in [2.24, 2.45) is 0 Å². The van der Waals surface area contributed by atoms with Gasteiger partial charge in [0.05, 0.1) is 17.2 Å². The Labute approximate surface area is 199 Å². The summed E-state index contributed by atoms with van der Waals surface area (Å²) in [6, 6.07) is 27.5. The molecular weight excluding hydrogens is 414 g/mol. The quantitative estimate of drug-likeness (QED) is 0.385. The summed E-state index contributed by atoms with van der Waals surface area (Å²) < 4.78 is 2.45. The second-order valence-corrected chi connectivity index (χ2v) is 9.77. The highest BCUT2D eigenvalue weighted by atomic mass is 15.4. The van der Waals surface area contributed by atoms with Gasteiger partial charge in [-0.1, -0.05) is 91.0 Å². The van der Waals surface area contributed by atoms with Crippen molar-refractivity contribution >= 4 is 27.5 Å². The van der Waals surface area contributed by atoms with E-state index in [1.165, 1.54) is 38.6 Å². The molecule has 0 spiro atoms. The Balaban J connectivity index is 1.35. The molecule has 4 unspecified atom stereocenters. The van der Waals surface area contributed by atoms with Crippen LogP contribution in [-0.4, -0.2) is 27.6 Å². The van der Waals surface area contributed by atoms with Gasteiger partial charge in [0.1, 0.15) is 0 Å². The minimum absolute atomic E-state index is 0.224. The number of para-hydroxylation sites is 2. The van der Waals surface area contributed by atoms with Gasteiger partial charge in [-0.2, -0.15) is 0 Å². The smallest absolute Gasteiger partial charge is 0.0879 e. The fraction of sp³-hybridized carbons (Fsp3) is 0.161. The zero-order valence-corrected chi connectivity index (χ0v) is 18.8. The van der Waals surface area contributed by atoms with Crippen molar-refractivity contribution in [3.05, 3.63) is 126 Å². The molecule has 1 N–H and O–H groups in total. The first kappa shape index (κ1) is 18.7. The fourth-order valence-electron chi connectivity index (χ4n) is 6.72. The molecular formula is C31H25N3. The van der Waals surface area contributed by atoms with Gasteiger partial charge in [-0.25, -0.2) is 0 Å². The molecule has 8 rings (SSSR count). The van der Waals surface area contributed by atoms with Crippen molar-refractivity contribution in [1.29, 1.82) is 0 Å². The van der Waals surface area contributed by atoms with Crippen molar-refractivity contribution in [2.45, 2.75) is 30.2 Å². The van der Waals surface area contributed by atoms with Gasteiger partial charge in [-0.05, 0) is 35.4 Å². The molecule has 4 aromatic rings. The molecule has 34 heavy (non-hydrogen) atoms. The molecule has 3 nitrogen and oxygen atoms in total. The second-order valence-electron chi connectivity index (χ2n) is 9.77. The number of nitrogens with zero attached hydrogens (tertiary/aromatic N) is 2. The number of fused-ring (bicyclic) bond motifs is 11. The van der Waals surface area contributed by atoms with E-state index in [4.69, 9.17) is 0 Å². The van der Waals surface area contributed by atoms with E-state index in [0.717, 1.165) is 0 Å². The van der Waals surface area contributed by atoms with Crippen molar-refractivity contribution in [2.75, 3.05) is 0 Å². The zero-order valence-electron chi connectivity index (χ0n) is 18.8. The predicted molar refractivity (Wildman–Crippen MR) is 139 cm³/mol. The van der Waals surface area contributed by atoms with E-state index in [1.54, 1.807) is 0 Å². The molecule has 2 aliphatic carbocycles. The standard InChI is InChI=1S/C31H25N3/c1-2-12-25-21(9-1)24-18-17-20(19-30(24)34-29-16-8-5-13-26(29)32-31(25)34)33-27-14-6-3-10-22(27)23-11-4-7-15-28(23)33/h1-19,24,26,29-32H/t24?,26-,29?,30?,31?/m0/s1. The van der Waals surface area contributed by atoms with Crippen molar-refractivity contribution in [1.82, 2.24) is 14.8 Å². The van der Waals surface area contributed by atoms with Crippen LogP contribution >= 0.6 is 0 Å². The van der Waals surface area contributed by atoms with Gasteiger partial charge >= 0.3 is 0 Å². The molecule has 0 saturated carbocycles. The normalized spacial score (nSPS) is 29.1. The molecule has 3 heterocycles. The predicted octanol–water partition coefficient (Wildman–Crippen LogP) is 6.14. The number of aromatic nitrogens is 1. The Kier molecular flexibility index (Phi) is 3.81. The first-order valence-corrected chi connectivity index (χ1v) is 12.2. The van der Waals surface area contributed by atoms with Crippen LogP contribution in [0.15, 0.2) is 115 Å². The van der Waals surface area contributed by atoms with Crippen molar-refractivity contribution < 1.29 is 0 Å². The van der Waals surface area contributed by atoms with Gasteiger partial charge in [-0.15, -0.1) is 0 Å². The van der Waals surface area contributed by atoms with E-state index in [0.29, 0.717) is 24.0 Å². The topological polar surface area (TPSA) is 20.2 Å². The molecule has 1 fully saturated rings. The molecule has 1 aromatic heterocycles. The molecule has 1 saturated heterocycles. The van der Waals surface area contributed by atoms with Crippen LogP contribution in [0.5, 0.6) is 0 Å². The molecule has 3 aromatic carbocycles. The van der Waals surface area contributed by atoms with Crippen LogP contribution < -0.4 is 5.32 Å². The molecule has 164 valence electrons. The van der Waals surface area contributed by atoms with Crippen molar-refractivity contribution in [3.8, 4) is 0 Å². The molecule has 3 heteroatoms. The maximum atomic E-state index is 3.92. The molecule has 5 atom stereocenters. The Bertz CT molecular complexity index is 1530. The van der Waals surface area contributed by atoms with E-state index >= 15 is 0 Å². The van der Waals surface area contributed by atoms with Crippen molar-refractivity contribution in [3.63, 3.8) is 0 Å². The van der Waals surface area contributed by atoms with E-state index < -0.39 is 0 Å². The summed E-state index contributed by atoms with van der Waals surface area (Å²) in [5.74, 6) is 0.351. The second kappa shape index (κ2) is 6.92. The fourth-order valence-corrected chi connectivity index (χ4v) is 6.72. The number of hydrogen-bond acceptors (Lipinski definition) is 2. The summed E-state index contributed by atoms with van der Waals surface area (Å²) in [5, 5.41) is 6.54. The zero-order chi connectivity index (χ0) is 22.2. The third-order valence-corrected chi connectivity index (χ3v) is 8.11. The van der Waals surface area contributed by atoms with Crippen LogP contribution in [0.4, 0.5) is 0 Å². The van der Waals surface area contributed by atoms with E-state index in [2.05, 4.69) is 130 Å². The Morgan fingerprint density at radius 3 is 2.12 bits per heavy atom. The molecule has 0 radical (unpaired) electrons. The lowest BCUT2D eigenvalue weighted by Gasteiger charge is -2.45. The highest BCUT2D eigenvalue weighted by Crippen LogP contribution is 2.48. The van der Waals surface area contributed by atoms with Gasteiger partial charge in [0, 0.05) is 40.5 Å². The van der Waals surface area contributed by atoms with E-state index in [-0.39, 0.29) is 6.17 Å². The average molecular weight is 440 g/mol. The highest BCUT2D eigenvalue weighted by molar-refractivity contribution is 6.10. The maximum Gasteiger partial charge on any atom is 0.0879 e. The SMILES string of the molecule is C1=CC2[C@H](C=C1)NC1c3ccccc3C3C=CC(n4c5ccccc5c5ccccc54)=CC3N12. The monoisotopic (exact) mass is 439 g/mol. The minimum Gasteiger partial charge on any atom is -0.310 e. The Morgan fingerprint density at radius 2 is 1.32 bits per heavy atom. The lowest BCUT2D eigenvalue weighted by molar-refractivity contribution is 0.143. The molecule has 4 aliphatic rings. The maximum absolute atomic E-state index is 3.92. The Hall–Kier alpha value is -3.66. The summed E-state index contributed by atoms with van der Waals surface area (Å²) in [6.45, 7) is 0. The lowest BCUT2D eigenvalue weighted by Crippen LogP contribution is -2.48. The first-order chi connectivity index (χ1) is 16.9. The number of rotatable bonds is 1. The highest BCUT2D eigenvalue weighted by Gasteiger charge is 2.49. The van der Waals surface area contributed by atoms with Gasteiger partial charge in [0.15, 0.2) is 0 Å². The minimum atomic E-state index is 0.224. The number of nitrogens with one attached hydrogen (secondary N) is 1. The van der Waals surface area contributed by atoms with Crippen LogP contribution in [0.3, 0.4) is 0 Å². The first-order valence-electron chi connectivity index (χ1n) is 12.2. The number of benzene rings is 3. The van der Waals surface area contributed by atoms with E-state index in [9.17, 15) is 0 Å². The summed E-state index contributed by atoms with van der Waals surface area (Å²) in [4.78, 5) is 2.70. The van der Waals surface area contributed by atoms with Gasteiger partial charge in [0.25, 0.3) is 0 Å². The van der Waals surface area contributed by atoms with Crippen LogP contribution in [0.1, 0.15) is 23.2 Å². The van der Waals surface area contributed by atoms with Crippen LogP contribution in [0, 0.1) is 0 Å². The summed E-state index contributed by atoms with van der Waals surface area (Å²) in [7, 11) is 0. The number of hydrogen-bond donors (Lipinski definition) is 1. The van der Waals surface area contributed by atoms with Crippen LogP contribution in [0.25, 0.3) is 27.5 Å². The lowest BCUT2D eigenvalue weighted by atomic mass is 9.79. The third kappa shape index (κ3) is 2.43. The molecule has 0 amide bonds. The number of allylic oxidation sites excluding steroid dienone is 4.